The van der Waals surface area contributed by atoms with Crippen molar-refractivity contribution in [1.29, 1.82) is 0 Å². The van der Waals surface area contributed by atoms with Gasteiger partial charge in [-0.1, -0.05) is 54.6 Å². The number of benzene rings is 2. The van der Waals surface area contributed by atoms with Gasteiger partial charge in [0.2, 0.25) is 0 Å². The van der Waals surface area contributed by atoms with E-state index in [2.05, 4.69) is 35.9 Å². The van der Waals surface area contributed by atoms with E-state index >= 15 is 0 Å². The fraction of sp³-hybridized carbons (Fsp3) is 0.160. The van der Waals surface area contributed by atoms with E-state index in [1.807, 2.05) is 58.0 Å². The third-order valence-electron chi connectivity index (χ3n) is 4.78. The molecular formula is C25H25Cl2N3. The van der Waals surface area contributed by atoms with Gasteiger partial charge in [0.1, 0.15) is 0 Å². The summed E-state index contributed by atoms with van der Waals surface area (Å²) >= 11 is 12.8. The van der Waals surface area contributed by atoms with Crippen LogP contribution in [0.5, 0.6) is 0 Å². The van der Waals surface area contributed by atoms with Crippen molar-refractivity contribution in [3.63, 3.8) is 0 Å². The standard InChI is InChI=1S/C25H25Cl2N3/c1-14-10-16(3)24(20(26)12-14)28-18(5)22-8-7-9-23(30-22)19(6)29-25-17(4)11-15(2)13-21(25)27/h7-13,28-29H,5-6H2,1-4H3. The van der Waals surface area contributed by atoms with Crippen molar-refractivity contribution in [2.75, 3.05) is 10.6 Å². The SMILES string of the molecule is C=C(Nc1c(C)cc(C)cc1Cl)c1cccc(C(=C)Nc2c(C)cc(C)cc2Cl)n1. The molecule has 2 N–H and O–H groups in total. The highest BCUT2D eigenvalue weighted by Gasteiger charge is 2.12. The zero-order chi connectivity index (χ0) is 22.0. The molecule has 1 heterocycles. The molecule has 1 aromatic heterocycles. The first kappa shape index (κ1) is 21.9. The molecule has 0 aliphatic rings. The van der Waals surface area contributed by atoms with Crippen LogP contribution >= 0.6 is 23.2 Å². The van der Waals surface area contributed by atoms with Crippen molar-refractivity contribution in [1.82, 2.24) is 4.98 Å². The summed E-state index contributed by atoms with van der Waals surface area (Å²) in [6.45, 7) is 16.3. The summed E-state index contributed by atoms with van der Waals surface area (Å²) in [7, 11) is 0. The molecule has 0 amide bonds. The van der Waals surface area contributed by atoms with Gasteiger partial charge in [-0.2, -0.15) is 0 Å². The normalized spacial score (nSPS) is 10.6. The molecule has 0 spiro atoms. The topological polar surface area (TPSA) is 37.0 Å². The molecule has 2 aromatic carbocycles. The van der Waals surface area contributed by atoms with E-state index in [0.29, 0.717) is 32.8 Å². The van der Waals surface area contributed by atoms with Gasteiger partial charge in [-0.15, -0.1) is 0 Å². The van der Waals surface area contributed by atoms with Gasteiger partial charge >= 0.3 is 0 Å². The summed E-state index contributed by atoms with van der Waals surface area (Å²) < 4.78 is 0. The number of rotatable bonds is 6. The lowest BCUT2D eigenvalue weighted by molar-refractivity contribution is 1.22. The Balaban J connectivity index is 1.82. The van der Waals surface area contributed by atoms with Crippen LogP contribution in [0, 0.1) is 27.7 Å². The predicted octanol–water partition coefficient (Wildman–Crippen LogP) is 7.79. The fourth-order valence-corrected chi connectivity index (χ4v) is 4.09. The summed E-state index contributed by atoms with van der Waals surface area (Å²) in [6, 6.07) is 13.7. The highest BCUT2D eigenvalue weighted by atomic mass is 35.5. The van der Waals surface area contributed by atoms with Gasteiger partial charge in [-0.3, -0.25) is 0 Å². The van der Waals surface area contributed by atoms with Gasteiger partial charge in [0.25, 0.3) is 0 Å². The third-order valence-corrected chi connectivity index (χ3v) is 5.38. The van der Waals surface area contributed by atoms with Crippen molar-refractivity contribution in [2.24, 2.45) is 0 Å². The second-order valence-corrected chi connectivity index (χ2v) is 8.31. The number of anilines is 2. The molecule has 3 rings (SSSR count). The summed E-state index contributed by atoms with van der Waals surface area (Å²) in [5, 5.41) is 7.91. The minimum absolute atomic E-state index is 0.653. The molecule has 0 atom stereocenters. The van der Waals surface area contributed by atoms with E-state index in [9.17, 15) is 0 Å². The number of halogens is 2. The smallest absolute Gasteiger partial charge is 0.0866 e. The van der Waals surface area contributed by atoms with Crippen molar-refractivity contribution in [3.8, 4) is 0 Å². The number of hydrogen-bond donors (Lipinski definition) is 2. The molecule has 0 saturated heterocycles. The average molecular weight is 438 g/mol. The lowest BCUT2D eigenvalue weighted by atomic mass is 10.1. The molecule has 0 bridgehead atoms. The highest BCUT2D eigenvalue weighted by molar-refractivity contribution is 6.34. The zero-order valence-corrected chi connectivity index (χ0v) is 19.2. The molecule has 30 heavy (non-hydrogen) atoms. The Morgan fingerprint density at radius 2 is 1.13 bits per heavy atom. The molecule has 5 heteroatoms. The third kappa shape index (κ3) is 4.86. The Labute approximate surface area is 188 Å². The summed E-state index contributed by atoms with van der Waals surface area (Å²) in [5.41, 5.74) is 8.71. The Kier molecular flexibility index (Phi) is 6.55. The van der Waals surface area contributed by atoms with E-state index in [0.717, 1.165) is 33.6 Å². The van der Waals surface area contributed by atoms with Crippen molar-refractivity contribution in [3.05, 3.63) is 99.3 Å². The molecule has 0 fully saturated rings. The molecule has 3 nitrogen and oxygen atoms in total. The fourth-order valence-electron chi connectivity index (χ4n) is 3.35. The monoisotopic (exact) mass is 437 g/mol. The molecule has 0 radical (unpaired) electrons. The van der Waals surface area contributed by atoms with Gasteiger partial charge in [0.15, 0.2) is 0 Å². The Hall–Kier alpha value is -2.75. The number of aryl methyl sites for hydroxylation is 4. The molecule has 3 aromatic rings. The van der Waals surface area contributed by atoms with Crippen molar-refractivity contribution >= 4 is 46.0 Å². The maximum absolute atomic E-state index is 6.42. The van der Waals surface area contributed by atoms with Gasteiger partial charge in [0, 0.05) is 0 Å². The van der Waals surface area contributed by atoms with Gasteiger partial charge in [-0.25, -0.2) is 4.98 Å². The zero-order valence-electron chi connectivity index (χ0n) is 17.7. The molecule has 0 aliphatic carbocycles. The van der Waals surface area contributed by atoms with Crippen molar-refractivity contribution in [2.45, 2.75) is 27.7 Å². The van der Waals surface area contributed by atoms with E-state index < -0.39 is 0 Å². The number of hydrogen-bond acceptors (Lipinski definition) is 3. The minimum atomic E-state index is 0.653. The predicted molar refractivity (Wildman–Crippen MR) is 131 cm³/mol. The number of nitrogens with one attached hydrogen (secondary N) is 2. The Morgan fingerprint density at radius 3 is 1.50 bits per heavy atom. The van der Waals surface area contributed by atoms with Gasteiger partial charge in [0.05, 0.1) is 44.2 Å². The molecule has 0 unspecified atom stereocenters. The van der Waals surface area contributed by atoms with Gasteiger partial charge < -0.3 is 10.6 Å². The number of nitrogens with zero attached hydrogens (tertiary/aromatic N) is 1. The molecular weight excluding hydrogens is 413 g/mol. The minimum Gasteiger partial charge on any atom is -0.353 e. The summed E-state index contributed by atoms with van der Waals surface area (Å²) in [5.74, 6) is 0. The molecule has 0 aliphatic heterocycles. The van der Waals surface area contributed by atoms with Crippen LogP contribution in [0.1, 0.15) is 33.6 Å². The van der Waals surface area contributed by atoms with Crippen molar-refractivity contribution < 1.29 is 0 Å². The van der Waals surface area contributed by atoms with Crippen LogP contribution in [0.4, 0.5) is 11.4 Å². The highest BCUT2D eigenvalue weighted by Crippen LogP contribution is 2.31. The van der Waals surface area contributed by atoms with Crippen LogP contribution in [0.25, 0.3) is 11.4 Å². The maximum atomic E-state index is 6.42. The lowest BCUT2D eigenvalue weighted by Gasteiger charge is -2.17. The van der Waals surface area contributed by atoms with E-state index in [-0.39, 0.29) is 0 Å². The molecule has 154 valence electrons. The van der Waals surface area contributed by atoms with Crippen LogP contribution in [0.2, 0.25) is 10.0 Å². The van der Waals surface area contributed by atoms with E-state index in [1.54, 1.807) is 0 Å². The van der Waals surface area contributed by atoms with Gasteiger partial charge in [-0.05, 0) is 74.2 Å². The van der Waals surface area contributed by atoms with E-state index in [4.69, 9.17) is 28.2 Å². The largest absolute Gasteiger partial charge is 0.353 e. The van der Waals surface area contributed by atoms with Crippen LogP contribution < -0.4 is 10.6 Å². The second-order valence-electron chi connectivity index (χ2n) is 7.49. The Morgan fingerprint density at radius 1 is 0.733 bits per heavy atom. The first-order valence-electron chi connectivity index (χ1n) is 9.59. The first-order chi connectivity index (χ1) is 14.2. The van der Waals surface area contributed by atoms with E-state index in [1.165, 1.54) is 0 Å². The van der Waals surface area contributed by atoms with Crippen LogP contribution in [0.3, 0.4) is 0 Å². The number of pyridine rings is 1. The van der Waals surface area contributed by atoms with Crippen LogP contribution in [-0.4, -0.2) is 4.98 Å². The first-order valence-corrected chi connectivity index (χ1v) is 10.3. The summed E-state index contributed by atoms with van der Waals surface area (Å²) in [4.78, 5) is 4.71. The average Bonchev–Trinajstić information content (AvgIpc) is 2.67. The summed E-state index contributed by atoms with van der Waals surface area (Å²) in [6.07, 6.45) is 0. The van der Waals surface area contributed by atoms with Crippen LogP contribution in [0.15, 0.2) is 55.6 Å². The molecule has 0 saturated carbocycles. The Bertz CT molecular complexity index is 1020. The van der Waals surface area contributed by atoms with Crippen LogP contribution in [-0.2, 0) is 0 Å². The lowest BCUT2D eigenvalue weighted by Crippen LogP contribution is -2.06. The number of aromatic nitrogens is 1. The second kappa shape index (κ2) is 8.95. The maximum Gasteiger partial charge on any atom is 0.0866 e. The quantitative estimate of drug-likeness (QED) is 0.412.